The van der Waals surface area contributed by atoms with Gasteiger partial charge < -0.3 is 0 Å². The molecule has 150 valence electrons. The lowest BCUT2D eigenvalue weighted by Gasteiger charge is -2.24. The molecular formula is C20H24ClNO3S2Si. The number of hydrogen-bond donors (Lipinski definition) is 0. The highest BCUT2D eigenvalue weighted by molar-refractivity contribution is 8.17. The van der Waals surface area contributed by atoms with Gasteiger partial charge in [0.15, 0.2) is 0 Å². The molecule has 2 rings (SSSR count). The molecule has 0 aliphatic rings. The first-order valence-electron chi connectivity index (χ1n) is 8.66. The van der Waals surface area contributed by atoms with Gasteiger partial charge in [-0.05, 0) is 55.1 Å². The summed E-state index contributed by atoms with van der Waals surface area (Å²) < 4.78 is 27.4. The van der Waals surface area contributed by atoms with Gasteiger partial charge in [0.05, 0.1) is 18.0 Å². The molecular weight excluding hydrogens is 430 g/mol. The molecule has 0 N–H and O–H groups in total. The van der Waals surface area contributed by atoms with E-state index >= 15 is 0 Å². The molecule has 0 aliphatic heterocycles. The fourth-order valence-corrected chi connectivity index (χ4v) is 6.80. The highest BCUT2D eigenvalue weighted by Gasteiger charge is 2.27. The van der Waals surface area contributed by atoms with Gasteiger partial charge in [0.2, 0.25) is 5.12 Å². The third-order valence-electron chi connectivity index (χ3n) is 3.82. The molecule has 0 radical (unpaired) electrons. The van der Waals surface area contributed by atoms with E-state index in [4.69, 9.17) is 11.6 Å². The van der Waals surface area contributed by atoms with Crippen LogP contribution in [-0.4, -0.2) is 33.0 Å². The van der Waals surface area contributed by atoms with Crippen molar-refractivity contribution in [2.75, 3.05) is 7.05 Å². The fourth-order valence-electron chi connectivity index (χ4n) is 2.28. The Bertz CT molecular complexity index is 980. The monoisotopic (exact) mass is 453 g/mol. The third-order valence-corrected chi connectivity index (χ3v) is 8.35. The van der Waals surface area contributed by atoms with Crippen molar-refractivity contribution in [3.63, 3.8) is 0 Å². The van der Waals surface area contributed by atoms with Gasteiger partial charge in [-0.1, -0.05) is 54.6 Å². The first-order valence-corrected chi connectivity index (χ1v) is 14.9. The zero-order valence-electron chi connectivity index (χ0n) is 16.6. The van der Waals surface area contributed by atoms with Crippen LogP contribution in [0.5, 0.6) is 0 Å². The molecule has 0 amide bonds. The summed E-state index contributed by atoms with van der Waals surface area (Å²) in [6, 6.07) is 13.2. The smallest absolute Gasteiger partial charge is 0.264 e. The van der Waals surface area contributed by atoms with E-state index in [1.807, 2.05) is 12.6 Å². The Labute approximate surface area is 177 Å². The zero-order chi connectivity index (χ0) is 21.1. The fraction of sp³-hybridized carbons (Fsp3) is 0.250. The van der Waals surface area contributed by atoms with E-state index in [-0.39, 0.29) is 10.0 Å². The maximum Gasteiger partial charge on any atom is 0.264 e. The number of nitrogens with zero attached hydrogens (tertiary/aromatic N) is 1. The minimum atomic E-state index is -3.77. The molecule has 2 aromatic carbocycles. The topological polar surface area (TPSA) is 54.5 Å². The van der Waals surface area contributed by atoms with E-state index < -0.39 is 18.1 Å². The summed E-state index contributed by atoms with van der Waals surface area (Å²) in [4.78, 5) is 12.9. The van der Waals surface area contributed by atoms with Crippen molar-refractivity contribution in [1.29, 1.82) is 0 Å². The lowest BCUT2D eigenvalue weighted by atomic mass is 10.2. The van der Waals surface area contributed by atoms with Gasteiger partial charge in [0.25, 0.3) is 10.0 Å². The number of carbonyl (C=O) groups excluding carboxylic acids is 1. The maximum absolute atomic E-state index is 13.1. The van der Waals surface area contributed by atoms with Crippen molar-refractivity contribution in [1.82, 2.24) is 4.31 Å². The van der Waals surface area contributed by atoms with Crippen LogP contribution in [0.2, 0.25) is 24.7 Å². The third kappa shape index (κ3) is 5.98. The highest BCUT2D eigenvalue weighted by atomic mass is 35.5. The van der Waals surface area contributed by atoms with Crippen LogP contribution in [0, 0.1) is 6.92 Å². The molecule has 0 heterocycles. The van der Waals surface area contributed by atoms with Crippen LogP contribution in [0.1, 0.15) is 15.9 Å². The Balaban J connectivity index is 2.40. The van der Waals surface area contributed by atoms with E-state index in [1.165, 1.54) is 11.4 Å². The predicted octanol–water partition coefficient (Wildman–Crippen LogP) is 5.56. The van der Waals surface area contributed by atoms with Crippen molar-refractivity contribution in [3.05, 3.63) is 75.4 Å². The Hall–Kier alpha value is -1.54. The largest absolute Gasteiger partial charge is 0.281 e. The van der Waals surface area contributed by atoms with Crippen LogP contribution in [0.3, 0.4) is 0 Å². The van der Waals surface area contributed by atoms with Gasteiger partial charge in [-0.3, -0.25) is 9.10 Å². The van der Waals surface area contributed by atoms with Crippen LogP contribution >= 0.6 is 23.4 Å². The standard InChI is InChI=1S/C20H24ClNO3S2Si/c1-15-6-12-18(13-7-15)27(24,25)22(2)19(14-28(3,4)5)26-20(23)16-8-10-17(21)11-9-16/h6-14H,1-5H3/b19-14+. The summed E-state index contributed by atoms with van der Waals surface area (Å²) in [5.41, 5.74) is 3.38. The molecule has 0 aromatic heterocycles. The number of sulfonamides is 1. The van der Waals surface area contributed by atoms with Crippen LogP contribution in [0.15, 0.2) is 64.2 Å². The summed E-state index contributed by atoms with van der Waals surface area (Å²) in [6.07, 6.45) is 0. The predicted molar refractivity (Wildman–Crippen MR) is 121 cm³/mol. The van der Waals surface area contributed by atoms with Crippen molar-refractivity contribution in [3.8, 4) is 0 Å². The molecule has 4 nitrogen and oxygen atoms in total. The minimum Gasteiger partial charge on any atom is -0.281 e. The van der Waals surface area contributed by atoms with Crippen molar-refractivity contribution >= 4 is 46.6 Å². The first kappa shape index (κ1) is 22.7. The summed E-state index contributed by atoms with van der Waals surface area (Å²) >= 11 is 6.81. The van der Waals surface area contributed by atoms with E-state index in [2.05, 4.69) is 19.6 Å². The van der Waals surface area contributed by atoms with E-state index in [1.54, 1.807) is 48.5 Å². The molecule has 0 bridgehead atoms. The second-order valence-corrected chi connectivity index (χ2v) is 16.0. The lowest BCUT2D eigenvalue weighted by Crippen LogP contribution is -2.29. The van der Waals surface area contributed by atoms with Crippen molar-refractivity contribution in [2.24, 2.45) is 0 Å². The van der Waals surface area contributed by atoms with Gasteiger partial charge in [-0.25, -0.2) is 8.42 Å². The van der Waals surface area contributed by atoms with Gasteiger partial charge >= 0.3 is 0 Å². The molecule has 0 atom stereocenters. The molecule has 0 saturated heterocycles. The Morgan fingerprint density at radius 3 is 2.07 bits per heavy atom. The molecule has 2 aromatic rings. The summed E-state index contributed by atoms with van der Waals surface area (Å²) in [5.74, 6) is 0. The molecule has 0 aliphatic carbocycles. The van der Waals surface area contributed by atoms with Gasteiger partial charge in [-0.15, -0.1) is 0 Å². The molecule has 0 unspecified atom stereocenters. The summed E-state index contributed by atoms with van der Waals surface area (Å²) in [7, 11) is -4.09. The van der Waals surface area contributed by atoms with Gasteiger partial charge in [0.1, 0.15) is 0 Å². The van der Waals surface area contributed by atoms with Crippen molar-refractivity contribution < 1.29 is 13.2 Å². The first-order chi connectivity index (χ1) is 12.9. The average Bonchev–Trinajstić information content (AvgIpc) is 2.60. The summed E-state index contributed by atoms with van der Waals surface area (Å²) in [5, 5.41) is 0.727. The number of halogens is 1. The summed E-state index contributed by atoms with van der Waals surface area (Å²) in [6.45, 7) is 8.17. The Morgan fingerprint density at radius 1 is 1.04 bits per heavy atom. The SMILES string of the molecule is Cc1ccc(S(=O)(=O)N(C)/C(=C\[Si](C)(C)C)SC(=O)c2ccc(Cl)cc2)cc1. The van der Waals surface area contributed by atoms with Gasteiger partial charge in [0, 0.05) is 17.6 Å². The highest BCUT2D eigenvalue weighted by Crippen LogP contribution is 2.30. The van der Waals surface area contributed by atoms with Crippen LogP contribution in [-0.2, 0) is 10.0 Å². The second-order valence-electron chi connectivity index (χ2n) is 7.53. The van der Waals surface area contributed by atoms with Crippen LogP contribution in [0.4, 0.5) is 0 Å². The minimum absolute atomic E-state index is 0.196. The Kier molecular flexibility index (Phi) is 7.20. The van der Waals surface area contributed by atoms with E-state index in [0.29, 0.717) is 15.6 Å². The number of benzene rings is 2. The lowest BCUT2D eigenvalue weighted by molar-refractivity contribution is 0.108. The molecule has 28 heavy (non-hydrogen) atoms. The van der Waals surface area contributed by atoms with E-state index in [0.717, 1.165) is 17.3 Å². The Morgan fingerprint density at radius 2 is 1.57 bits per heavy atom. The number of rotatable bonds is 6. The normalized spacial score (nSPS) is 12.7. The quantitative estimate of drug-likeness (QED) is 0.537. The van der Waals surface area contributed by atoms with Crippen LogP contribution < -0.4 is 0 Å². The zero-order valence-corrected chi connectivity index (χ0v) is 20.0. The number of hydrogen-bond acceptors (Lipinski definition) is 4. The van der Waals surface area contributed by atoms with Crippen LogP contribution in [0.25, 0.3) is 0 Å². The number of aryl methyl sites for hydroxylation is 1. The van der Waals surface area contributed by atoms with E-state index in [9.17, 15) is 13.2 Å². The van der Waals surface area contributed by atoms with Gasteiger partial charge in [-0.2, -0.15) is 0 Å². The van der Waals surface area contributed by atoms with Crippen molar-refractivity contribution in [2.45, 2.75) is 31.5 Å². The second kappa shape index (κ2) is 8.86. The number of thioether (sulfide) groups is 1. The average molecular weight is 454 g/mol. The molecule has 0 spiro atoms. The molecule has 0 saturated carbocycles. The molecule has 0 fully saturated rings. The molecule has 8 heteroatoms. The number of carbonyl (C=O) groups is 1. The maximum atomic E-state index is 13.1.